The third kappa shape index (κ3) is 3.27. The van der Waals surface area contributed by atoms with Crippen molar-refractivity contribution in [2.45, 2.75) is 0 Å². The Balaban J connectivity index is 1.86. The van der Waals surface area contributed by atoms with Gasteiger partial charge < -0.3 is 19.9 Å². The van der Waals surface area contributed by atoms with Crippen molar-refractivity contribution in [1.29, 1.82) is 0 Å². The van der Waals surface area contributed by atoms with Crippen LogP contribution in [0.1, 0.15) is 0 Å². The quantitative estimate of drug-likeness (QED) is 0.525. The summed E-state index contributed by atoms with van der Waals surface area (Å²) in [7, 11) is 3.21. The summed E-state index contributed by atoms with van der Waals surface area (Å²) in [4.78, 5) is 9.29. The third-order valence-electron chi connectivity index (χ3n) is 4.41. The van der Waals surface area contributed by atoms with Gasteiger partial charge in [0.1, 0.15) is 23.1 Å². The zero-order chi connectivity index (χ0) is 19.5. The first-order chi connectivity index (χ1) is 13.7. The number of benzene rings is 3. The molecule has 0 saturated heterocycles. The van der Waals surface area contributed by atoms with E-state index in [9.17, 15) is 5.11 Å². The Morgan fingerprint density at radius 2 is 1.64 bits per heavy atom. The van der Waals surface area contributed by atoms with E-state index < -0.39 is 0 Å². The maximum absolute atomic E-state index is 10.2. The SMILES string of the molecule is COc1ccc(Nc2nc(-c3ccccc3O)nc3ccccc23)c(OC)c1. The lowest BCUT2D eigenvalue weighted by Crippen LogP contribution is -2.01. The predicted octanol–water partition coefficient (Wildman–Crippen LogP) is 4.76. The van der Waals surface area contributed by atoms with Crippen LogP contribution in [0.5, 0.6) is 17.2 Å². The van der Waals surface area contributed by atoms with Gasteiger partial charge in [0.05, 0.1) is 31.0 Å². The fourth-order valence-corrected chi connectivity index (χ4v) is 2.98. The molecule has 3 aromatic carbocycles. The summed E-state index contributed by atoms with van der Waals surface area (Å²) in [5.41, 5.74) is 2.08. The van der Waals surface area contributed by atoms with Crippen LogP contribution in [-0.4, -0.2) is 29.3 Å². The number of aromatic hydroxyl groups is 1. The molecule has 2 N–H and O–H groups in total. The van der Waals surface area contributed by atoms with Crippen molar-refractivity contribution >= 4 is 22.4 Å². The van der Waals surface area contributed by atoms with Crippen LogP contribution in [0.4, 0.5) is 11.5 Å². The van der Waals surface area contributed by atoms with Crippen molar-refractivity contribution < 1.29 is 14.6 Å². The van der Waals surface area contributed by atoms with Crippen LogP contribution in [-0.2, 0) is 0 Å². The second-order valence-electron chi connectivity index (χ2n) is 6.12. The highest BCUT2D eigenvalue weighted by Gasteiger charge is 2.14. The van der Waals surface area contributed by atoms with Gasteiger partial charge in [0.25, 0.3) is 0 Å². The molecule has 0 aliphatic carbocycles. The smallest absolute Gasteiger partial charge is 0.165 e. The van der Waals surface area contributed by atoms with Crippen LogP contribution in [0.3, 0.4) is 0 Å². The predicted molar refractivity (Wildman–Crippen MR) is 109 cm³/mol. The molecule has 6 nitrogen and oxygen atoms in total. The van der Waals surface area contributed by atoms with E-state index in [-0.39, 0.29) is 5.75 Å². The van der Waals surface area contributed by atoms with Crippen LogP contribution < -0.4 is 14.8 Å². The summed E-state index contributed by atoms with van der Waals surface area (Å²) in [5, 5.41) is 14.4. The van der Waals surface area contributed by atoms with E-state index in [2.05, 4.69) is 15.3 Å². The molecule has 28 heavy (non-hydrogen) atoms. The number of phenols is 1. The van der Waals surface area contributed by atoms with Gasteiger partial charge in [-0.15, -0.1) is 0 Å². The van der Waals surface area contributed by atoms with Gasteiger partial charge in [-0.1, -0.05) is 24.3 Å². The van der Waals surface area contributed by atoms with E-state index in [0.717, 1.165) is 16.6 Å². The first-order valence-corrected chi connectivity index (χ1v) is 8.74. The Labute approximate surface area is 162 Å². The average molecular weight is 373 g/mol. The number of para-hydroxylation sites is 2. The molecule has 0 bridgehead atoms. The third-order valence-corrected chi connectivity index (χ3v) is 4.41. The van der Waals surface area contributed by atoms with Gasteiger partial charge in [-0.2, -0.15) is 0 Å². The molecule has 0 radical (unpaired) electrons. The van der Waals surface area contributed by atoms with Crippen molar-refractivity contribution in [2.24, 2.45) is 0 Å². The van der Waals surface area contributed by atoms with E-state index >= 15 is 0 Å². The van der Waals surface area contributed by atoms with E-state index in [0.29, 0.717) is 28.7 Å². The Morgan fingerprint density at radius 3 is 2.43 bits per heavy atom. The molecule has 4 aromatic rings. The number of fused-ring (bicyclic) bond motifs is 1. The molecule has 0 unspecified atom stereocenters. The van der Waals surface area contributed by atoms with Crippen molar-refractivity contribution in [3.63, 3.8) is 0 Å². The highest BCUT2D eigenvalue weighted by molar-refractivity contribution is 5.93. The second-order valence-corrected chi connectivity index (χ2v) is 6.12. The minimum Gasteiger partial charge on any atom is -0.507 e. The van der Waals surface area contributed by atoms with Gasteiger partial charge in [0, 0.05) is 11.5 Å². The van der Waals surface area contributed by atoms with Crippen LogP contribution in [0.2, 0.25) is 0 Å². The van der Waals surface area contributed by atoms with Crippen LogP contribution in [0, 0.1) is 0 Å². The number of anilines is 2. The molecule has 0 aliphatic heterocycles. The molecule has 140 valence electrons. The standard InChI is InChI=1S/C22H19N3O3/c1-27-14-11-12-18(20(13-14)28-2)24-21-15-7-3-5-9-17(15)23-22(25-21)16-8-4-6-10-19(16)26/h3-13,26H,1-2H3,(H,23,24,25). The topological polar surface area (TPSA) is 76.5 Å². The zero-order valence-corrected chi connectivity index (χ0v) is 15.5. The van der Waals surface area contributed by atoms with E-state index in [4.69, 9.17) is 9.47 Å². The van der Waals surface area contributed by atoms with E-state index in [1.165, 1.54) is 0 Å². The average Bonchev–Trinajstić information content (AvgIpc) is 2.74. The maximum atomic E-state index is 10.2. The van der Waals surface area contributed by atoms with Gasteiger partial charge in [-0.3, -0.25) is 0 Å². The summed E-state index contributed by atoms with van der Waals surface area (Å²) < 4.78 is 10.7. The summed E-state index contributed by atoms with van der Waals surface area (Å²) >= 11 is 0. The molecule has 1 heterocycles. The highest BCUT2D eigenvalue weighted by atomic mass is 16.5. The van der Waals surface area contributed by atoms with Crippen LogP contribution in [0.25, 0.3) is 22.3 Å². The Hall–Kier alpha value is -3.80. The van der Waals surface area contributed by atoms with Crippen molar-refractivity contribution in [2.75, 3.05) is 19.5 Å². The maximum Gasteiger partial charge on any atom is 0.165 e. The minimum absolute atomic E-state index is 0.130. The zero-order valence-electron chi connectivity index (χ0n) is 15.5. The molecule has 0 saturated carbocycles. The van der Waals surface area contributed by atoms with E-state index in [1.807, 2.05) is 42.5 Å². The van der Waals surface area contributed by atoms with Gasteiger partial charge in [0.15, 0.2) is 5.82 Å². The molecule has 0 fully saturated rings. The van der Waals surface area contributed by atoms with Crippen molar-refractivity contribution in [3.8, 4) is 28.6 Å². The number of ether oxygens (including phenoxy) is 2. The van der Waals surface area contributed by atoms with Crippen molar-refractivity contribution in [1.82, 2.24) is 9.97 Å². The molecular weight excluding hydrogens is 354 g/mol. The highest BCUT2D eigenvalue weighted by Crippen LogP contribution is 2.35. The number of hydrogen-bond donors (Lipinski definition) is 2. The van der Waals surface area contributed by atoms with Crippen LogP contribution in [0.15, 0.2) is 66.7 Å². The summed E-state index contributed by atoms with van der Waals surface area (Å²) in [5.74, 6) is 2.51. The number of nitrogens with one attached hydrogen (secondary N) is 1. The number of aromatic nitrogens is 2. The van der Waals surface area contributed by atoms with E-state index in [1.54, 1.807) is 38.5 Å². The number of methoxy groups -OCH3 is 2. The summed E-state index contributed by atoms with van der Waals surface area (Å²) in [6.07, 6.45) is 0. The molecule has 0 aliphatic rings. The van der Waals surface area contributed by atoms with Gasteiger partial charge in [0.2, 0.25) is 0 Å². The summed E-state index contributed by atoms with van der Waals surface area (Å²) in [6.45, 7) is 0. The first kappa shape index (κ1) is 17.6. The molecular formula is C22H19N3O3. The van der Waals surface area contributed by atoms with Gasteiger partial charge in [-0.05, 0) is 36.4 Å². The molecule has 0 spiro atoms. The molecule has 4 rings (SSSR count). The fourth-order valence-electron chi connectivity index (χ4n) is 2.98. The Kier molecular flexibility index (Phi) is 4.68. The first-order valence-electron chi connectivity index (χ1n) is 8.74. The lowest BCUT2D eigenvalue weighted by molar-refractivity contribution is 0.395. The number of phenolic OH excluding ortho intramolecular Hbond substituents is 1. The number of nitrogens with zero attached hydrogens (tertiary/aromatic N) is 2. The van der Waals surface area contributed by atoms with Crippen LogP contribution >= 0.6 is 0 Å². The minimum atomic E-state index is 0.130. The molecule has 0 amide bonds. The Morgan fingerprint density at radius 1 is 0.857 bits per heavy atom. The molecule has 6 heteroatoms. The monoisotopic (exact) mass is 373 g/mol. The van der Waals surface area contributed by atoms with Crippen molar-refractivity contribution in [3.05, 3.63) is 66.7 Å². The largest absolute Gasteiger partial charge is 0.507 e. The summed E-state index contributed by atoms with van der Waals surface area (Å²) in [6, 6.07) is 20.2. The molecule has 0 atom stereocenters. The fraction of sp³-hybridized carbons (Fsp3) is 0.0909. The lowest BCUT2D eigenvalue weighted by atomic mass is 10.1. The van der Waals surface area contributed by atoms with Gasteiger partial charge in [-0.25, -0.2) is 9.97 Å². The van der Waals surface area contributed by atoms with Gasteiger partial charge >= 0.3 is 0 Å². The Bertz CT molecular complexity index is 1140. The molecule has 1 aromatic heterocycles. The normalized spacial score (nSPS) is 10.6. The number of hydrogen-bond acceptors (Lipinski definition) is 6. The number of rotatable bonds is 5. The second kappa shape index (κ2) is 7.44. The lowest BCUT2D eigenvalue weighted by Gasteiger charge is -2.14.